The van der Waals surface area contributed by atoms with Crippen LogP contribution in [0.2, 0.25) is 0 Å². The molecule has 1 heterocycles. The first kappa shape index (κ1) is 14.1. The zero-order chi connectivity index (χ0) is 12.8. The minimum absolute atomic E-state index is 0.254. The molecule has 1 aromatic heterocycles. The van der Waals surface area contributed by atoms with Gasteiger partial charge in [-0.2, -0.15) is 0 Å². The molecule has 0 aliphatic rings. The van der Waals surface area contributed by atoms with E-state index in [-0.39, 0.29) is 6.04 Å². The number of halogens is 1. The lowest BCUT2D eigenvalue weighted by Gasteiger charge is -2.11. The molecular weight excluding hydrogens is 326 g/mol. The summed E-state index contributed by atoms with van der Waals surface area (Å²) in [5.41, 5.74) is 6.16. The van der Waals surface area contributed by atoms with Crippen LogP contribution in [-0.2, 0) is 6.42 Å². The molecular formula is C14H16BrNS2. The summed E-state index contributed by atoms with van der Waals surface area (Å²) in [6.45, 7) is 0. The van der Waals surface area contributed by atoms with E-state index in [1.807, 2.05) is 29.2 Å². The summed E-state index contributed by atoms with van der Waals surface area (Å²) in [5, 5.41) is 2.12. The van der Waals surface area contributed by atoms with Gasteiger partial charge in [0.25, 0.3) is 0 Å². The minimum Gasteiger partial charge on any atom is -0.327 e. The van der Waals surface area contributed by atoms with Crippen molar-refractivity contribution in [2.45, 2.75) is 23.8 Å². The van der Waals surface area contributed by atoms with Crippen LogP contribution < -0.4 is 5.73 Å². The molecule has 2 aromatic rings. The monoisotopic (exact) mass is 341 g/mol. The lowest BCUT2D eigenvalue weighted by molar-refractivity contribution is 0.679. The summed E-state index contributed by atoms with van der Waals surface area (Å²) in [6, 6.07) is 12.8. The Kier molecular flexibility index (Phi) is 5.76. The van der Waals surface area contributed by atoms with Crippen molar-refractivity contribution in [3.8, 4) is 0 Å². The first-order valence-electron chi connectivity index (χ1n) is 5.91. The summed E-state index contributed by atoms with van der Waals surface area (Å²) in [7, 11) is 0. The van der Waals surface area contributed by atoms with Crippen molar-refractivity contribution in [3.05, 3.63) is 51.1 Å². The van der Waals surface area contributed by atoms with Crippen molar-refractivity contribution in [3.63, 3.8) is 0 Å². The molecule has 4 heteroatoms. The second-order valence-corrected chi connectivity index (χ2v) is 7.07. The van der Waals surface area contributed by atoms with Gasteiger partial charge in [0.05, 0.1) is 0 Å². The first-order valence-corrected chi connectivity index (χ1v) is 8.57. The topological polar surface area (TPSA) is 26.0 Å². The molecule has 2 N–H and O–H groups in total. The molecule has 0 spiro atoms. The fraction of sp³-hybridized carbons (Fsp3) is 0.286. The molecule has 18 heavy (non-hydrogen) atoms. The van der Waals surface area contributed by atoms with Crippen LogP contribution in [0.15, 0.2) is 51.1 Å². The SMILES string of the molecule is NC(CCc1cccs1)CSc1ccccc1Br. The number of thiophene rings is 1. The van der Waals surface area contributed by atoms with Gasteiger partial charge in [0.2, 0.25) is 0 Å². The summed E-state index contributed by atoms with van der Waals surface area (Å²) in [5.74, 6) is 0.966. The second kappa shape index (κ2) is 7.34. The molecule has 1 aromatic carbocycles. The predicted octanol–water partition coefficient (Wildman–Crippen LogP) is 4.56. The number of rotatable bonds is 6. The van der Waals surface area contributed by atoms with E-state index in [0.717, 1.165) is 23.1 Å². The van der Waals surface area contributed by atoms with E-state index >= 15 is 0 Å². The van der Waals surface area contributed by atoms with Gasteiger partial charge in [-0.25, -0.2) is 0 Å². The standard InChI is InChI=1S/C14H16BrNS2/c15-13-5-1-2-6-14(13)18-10-11(16)7-8-12-4-3-9-17-12/h1-6,9,11H,7-8,10,16H2. The maximum Gasteiger partial charge on any atom is 0.0311 e. The molecule has 0 amide bonds. The van der Waals surface area contributed by atoms with Gasteiger partial charge in [0.1, 0.15) is 0 Å². The fourth-order valence-corrected chi connectivity index (χ4v) is 3.92. The van der Waals surface area contributed by atoms with E-state index in [1.54, 1.807) is 0 Å². The van der Waals surface area contributed by atoms with Crippen molar-refractivity contribution in [1.82, 2.24) is 0 Å². The number of hydrogen-bond acceptors (Lipinski definition) is 3. The van der Waals surface area contributed by atoms with Crippen LogP contribution >= 0.6 is 39.0 Å². The molecule has 96 valence electrons. The Labute approximate surface area is 125 Å². The molecule has 0 radical (unpaired) electrons. The molecule has 0 saturated heterocycles. The lowest BCUT2D eigenvalue weighted by atomic mass is 10.2. The summed E-state index contributed by atoms with van der Waals surface area (Å²) >= 11 is 7.19. The van der Waals surface area contributed by atoms with Gasteiger partial charge < -0.3 is 5.73 Å². The molecule has 0 aliphatic carbocycles. The van der Waals surface area contributed by atoms with Gasteiger partial charge in [-0.3, -0.25) is 0 Å². The molecule has 1 atom stereocenters. The predicted molar refractivity (Wildman–Crippen MR) is 85.5 cm³/mol. The van der Waals surface area contributed by atoms with Crippen LogP contribution in [0.4, 0.5) is 0 Å². The second-order valence-electron chi connectivity index (χ2n) is 4.12. The van der Waals surface area contributed by atoms with Gasteiger partial charge >= 0.3 is 0 Å². The van der Waals surface area contributed by atoms with Crippen molar-refractivity contribution in [2.75, 3.05) is 5.75 Å². The molecule has 1 nitrogen and oxygen atoms in total. The molecule has 0 saturated carbocycles. The van der Waals surface area contributed by atoms with E-state index in [1.165, 1.54) is 9.77 Å². The highest BCUT2D eigenvalue weighted by Gasteiger charge is 2.06. The number of thioether (sulfide) groups is 1. The Bertz CT molecular complexity index is 470. The molecule has 1 unspecified atom stereocenters. The van der Waals surface area contributed by atoms with Crippen LogP contribution in [0.3, 0.4) is 0 Å². The number of benzene rings is 1. The van der Waals surface area contributed by atoms with Crippen molar-refractivity contribution >= 4 is 39.0 Å². The quantitative estimate of drug-likeness (QED) is 0.779. The Morgan fingerprint density at radius 2 is 2.06 bits per heavy atom. The van der Waals surface area contributed by atoms with E-state index in [4.69, 9.17) is 5.73 Å². The van der Waals surface area contributed by atoms with Gasteiger partial charge in [0.15, 0.2) is 0 Å². The average molecular weight is 342 g/mol. The summed E-state index contributed by atoms with van der Waals surface area (Å²) in [6.07, 6.45) is 2.15. The van der Waals surface area contributed by atoms with Crippen LogP contribution in [0.1, 0.15) is 11.3 Å². The van der Waals surface area contributed by atoms with Crippen LogP contribution in [-0.4, -0.2) is 11.8 Å². The fourth-order valence-electron chi connectivity index (χ4n) is 1.62. The highest BCUT2D eigenvalue weighted by Crippen LogP contribution is 2.27. The van der Waals surface area contributed by atoms with Crippen LogP contribution in [0.5, 0.6) is 0 Å². The van der Waals surface area contributed by atoms with Crippen molar-refractivity contribution < 1.29 is 0 Å². The summed E-state index contributed by atoms with van der Waals surface area (Å²) < 4.78 is 1.15. The third kappa shape index (κ3) is 4.43. The smallest absolute Gasteiger partial charge is 0.0311 e. The lowest BCUT2D eigenvalue weighted by Crippen LogP contribution is -2.23. The highest BCUT2D eigenvalue weighted by atomic mass is 79.9. The Morgan fingerprint density at radius 1 is 1.22 bits per heavy atom. The Morgan fingerprint density at radius 3 is 2.78 bits per heavy atom. The number of nitrogens with two attached hydrogens (primary N) is 1. The highest BCUT2D eigenvalue weighted by molar-refractivity contribution is 9.10. The molecule has 2 rings (SSSR count). The largest absolute Gasteiger partial charge is 0.327 e. The third-order valence-electron chi connectivity index (χ3n) is 2.63. The van der Waals surface area contributed by atoms with Crippen molar-refractivity contribution in [1.29, 1.82) is 0 Å². The molecule has 0 aliphatic heterocycles. The average Bonchev–Trinajstić information content (AvgIpc) is 2.88. The number of hydrogen-bond donors (Lipinski definition) is 1. The molecule has 0 bridgehead atoms. The first-order chi connectivity index (χ1) is 8.75. The zero-order valence-corrected chi connectivity index (χ0v) is 13.2. The van der Waals surface area contributed by atoms with Crippen molar-refractivity contribution in [2.24, 2.45) is 5.73 Å². The zero-order valence-electron chi connectivity index (χ0n) is 10.0. The van der Waals surface area contributed by atoms with Crippen LogP contribution in [0.25, 0.3) is 0 Å². The third-order valence-corrected chi connectivity index (χ3v) is 5.78. The van der Waals surface area contributed by atoms with E-state index in [9.17, 15) is 0 Å². The normalized spacial score (nSPS) is 12.6. The Hall–Kier alpha value is -0.290. The number of aryl methyl sites for hydroxylation is 1. The maximum absolute atomic E-state index is 6.16. The van der Waals surface area contributed by atoms with E-state index < -0.39 is 0 Å². The molecule has 0 fully saturated rings. The Balaban J connectivity index is 1.75. The van der Waals surface area contributed by atoms with Gasteiger partial charge in [-0.15, -0.1) is 23.1 Å². The minimum atomic E-state index is 0.254. The maximum atomic E-state index is 6.16. The van der Waals surface area contributed by atoms with Gasteiger partial charge in [-0.1, -0.05) is 18.2 Å². The van der Waals surface area contributed by atoms with Gasteiger partial charge in [0, 0.05) is 26.0 Å². The summed E-state index contributed by atoms with van der Waals surface area (Å²) in [4.78, 5) is 2.69. The van der Waals surface area contributed by atoms with E-state index in [0.29, 0.717) is 0 Å². The van der Waals surface area contributed by atoms with E-state index in [2.05, 4.69) is 51.6 Å². The van der Waals surface area contributed by atoms with Crippen LogP contribution in [0, 0.1) is 0 Å². The van der Waals surface area contributed by atoms with Gasteiger partial charge in [-0.05, 0) is 52.4 Å².